The average Bonchev–Trinajstić information content (AvgIpc) is 2.69. The SMILES string of the molecule is COc1ccc(Oc2ncccc2NC(=O)CCc2cccc(C)c2)cc1. The van der Waals surface area contributed by atoms with Crippen molar-refractivity contribution in [3.8, 4) is 17.4 Å². The van der Waals surface area contributed by atoms with Crippen LogP contribution in [0.2, 0.25) is 0 Å². The zero-order chi connectivity index (χ0) is 19.1. The van der Waals surface area contributed by atoms with E-state index >= 15 is 0 Å². The molecule has 5 heteroatoms. The Morgan fingerprint density at radius 2 is 1.81 bits per heavy atom. The number of aryl methyl sites for hydroxylation is 2. The van der Waals surface area contributed by atoms with E-state index in [1.807, 2.05) is 25.1 Å². The normalized spacial score (nSPS) is 10.3. The summed E-state index contributed by atoms with van der Waals surface area (Å²) in [5.41, 5.74) is 2.88. The number of anilines is 1. The van der Waals surface area contributed by atoms with Crippen molar-refractivity contribution in [2.24, 2.45) is 0 Å². The zero-order valence-corrected chi connectivity index (χ0v) is 15.4. The van der Waals surface area contributed by atoms with E-state index in [0.717, 1.165) is 11.3 Å². The van der Waals surface area contributed by atoms with Crippen molar-refractivity contribution in [3.63, 3.8) is 0 Å². The highest BCUT2D eigenvalue weighted by molar-refractivity contribution is 5.92. The molecular weight excluding hydrogens is 340 g/mol. The van der Waals surface area contributed by atoms with Crippen molar-refractivity contribution in [3.05, 3.63) is 78.0 Å². The van der Waals surface area contributed by atoms with Crippen molar-refractivity contribution in [2.75, 3.05) is 12.4 Å². The Labute approximate surface area is 159 Å². The van der Waals surface area contributed by atoms with Crippen LogP contribution >= 0.6 is 0 Å². The van der Waals surface area contributed by atoms with Gasteiger partial charge in [0.25, 0.3) is 0 Å². The molecule has 0 radical (unpaired) electrons. The first-order valence-electron chi connectivity index (χ1n) is 8.76. The highest BCUT2D eigenvalue weighted by Crippen LogP contribution is 2.28. The van der Waals surface area contributed by atoms with Crippen LogP contribution in [0.5, 0.6) is 17.4 Å². The van der Waals surface area contributed by atoms with Gasteiger partial charge in [-0.15, -0.1) is 0 Å². The summed E-state index contributed by atoms with van der Waals surface area (Å²) in [6.07, 6.45) is 2.70. The van der Waals surface area contributed by atoms with Crippen LogP contribution in [0, 0.1) is 6.92 Å². The molecule has 5 nitrogen and oxygen atoms in total. The van der Waals surface area contributed by atoms with Gasteiger partial charge in [-0.05, 0) is 55.3 Å². The lowest BCUT2D eigenvalue weighted by Crippen LogP contribution is -2.13. The molecule has 0 spiro atoms. The fourth-order valence-electron chi connectivity index (χ4n) is 2.66. The molecule has 0 fully saturated rings. The fourth-order valence-corrected chi connectivity index (χ4v) is 2.66. The topological polar surface area (TPSA) is 60.5 Å². The molecule has 3 rings (SSSR count). The third-order valence-corrected chi connectivity index (χ3v) is 4.04. The summed E-state index contributed by atoms with van der Waals surface area (Å²) in [6, 6.07) is 18.9. The van der Waals surface area contributed by atoms with Crippen LogP contribution in [0.3, 0.4) is 0 Å². The van der Waals surface area contributed by atoms with Gasteiger partial charge < -0.3 is 14.8 Å². The smallest absolute Gasteiger partial charge is 0.243 e. The first-order chi connectivity index (χ1) is 13.1. The van der Waals surface area contributed by atoms with Crippen molar-refractivity contribution in [1.29, 1.82) is 0 Å². The van der Waals surface area contributed by atoms with Crippen LogP contribution in [0.25, 0.3) is 0 Å². The quantitative estimate of drug-likeness (QED) is 0.658. The van der Waals surface area contributed by atoms with Gasteiger partial charge in [-0.25, -0.2) is 4.98 Å². The van der Waals surface area contributed by atoms with Gasteiger partial charge in [0.15, 0.2) is 0 Å². The number of aromatic nitrogens is 1. The number of ether oxygens (including phenoxy) is 2. The minimum absolute atomic E-state index is 0.0795. The van der Waals surface area contributed by atoms with Gasteiger partial charge >= 0.3 is 0 Å². The number of amides is 1. The number of carbonyl (C=O) groups is 1. The molecule has 138 valence electrons. The van der Waals surface area contributed by atoms with E-state index in [1.165, 1.54) is 5.56 Å². The molecule has 0 aliphatic heterocycles. The Morgan fingerprint density at radius 3 is 2.56 bits per heavy atom. The lowest BCUT2D eigenvalue weighted by atomic mass is 10.1. The molecule has 1 N–H and O–H groups in total. The Morgan fingerprint density at radius 1 is 1.04 bits per heavy atom. The lowest BCUT2D eigenvalue weighted by Gasteiger charge is -2.11. The number of hydrogen-bond donors (Lipinski definition) is 1. The van der Waals surface area contributed by atoms with Crippen LogP contribution in [0.15, 0.2) is 66.9 Å². The standard InChI is InChI=1S/C22H22N2O3/c1-16-5-3-6-17(15-16)8-13-21(25)24-20-7-4-14-23-22(20)27-19-11-9-18(26-2)10-12-19/h3-7,9-12,14-15H,8,13H2,1-2H3,(H,24,25). The number of nitrogens with one attached hydrogen (secondary N) is 1. The molecule has 0 saturated carbocycles. The minimum atomic E-state index is -0.0795. The van der Waals surface area contributed by atoms with E-state index in [4.69, 9.17) is 9.47 Å². The van der Waals surface area contributed by atoms with Crippen LogP contribution in [-0.2, 0) is 11.2 Å². The molecular formula is C22H22N2O3. The first kappa shape index (κ1) is 18.5. The van der Waals surface area contributed by atoms with E-state index in [-0.39, 0.29) is 5.91 Å². The number of benzene rings is 2. The number of methoxy groups -OCH3 is 1. The highest BCUT2D eigenvalue weighted by Gasteiger charge is 2.10. The third-order valence-electron chi connectivity index (χ3n) is 4.04. The molecule has 0 aliphatic carbocycles. The van der Waals surface area contributed by atoms with Gasteiger partial charge in [0.1, 0.15) is 17.2 Å². The molecule has 0 bridgehead atoms. The highest BCUT2D eigenvalue weighted by atomic mass is 16.5. The van der Waals surface area contributed by atoms with Crippen molar-refractivity contribution in [1.82, 2.24) is 4.98 Å². The Kier molecular flexibility index (Phi) is 6.05. The van der Waals surface area contributed by atoms with Gasteiger partial charge in [-0.2, -0.15) is 0 Å². The van der Waals surface area contributed by atoms with E-state index in [1.54, 1.807) is 49.7 Å². The van der Waals surface area contributed by atoms with Crippen LogP contribution in [0.4, 0.5) is 5.69 Å². The van der Waals surface area contributed by atoms with Crippen molar-refractivity contribution >= 4 is 11.6 Å². The van der Waals surface area contributed by atoms with E-state index in [0.29, 0.717) is 30.2 Å². The number of rotatable bonds is 7. The number of hydrogen-bond acceptors (Lipinski definition) is 4. The summed E-state index contributed by atoms with van der Waals surface area (Å²) in [5, 5.41) is 2.89. The first-order valence-corrected chi connectivity index (χ1v) is 8.76. The predicted octanol–water partition coefficient (Wildman–Crippen LogP) is 4.76. The average molecular weight is 362 g/mol. The van der Waals surface area contributed by atoms with Gasteiger partial charge in [-0.1, -0.05) is 29.8 Å². The molecule has 0 saturated heterocycles. The monoisotopic (exact) mass is 362 g/mol. The number of nitrogens with zero attached hydrogens (tertiary/aromatic N) is 1. The summed E-state index contributed by atoms with van der Waals surface area (Å²) in [4.78, 5) is 16.6. The molecule has 1 aromatic heterocycles. The summed E-state index contributed by atoms with van der Waals surface area (Å²) < 4.78 is 10.9. The predicted molar refractivity (Wildman–Crippen MR) is 105 cm³/mol. The van der Waals surface area contributed by atoms with Crippen LogP contribution in [-0.4, -0.2) is 18.0 Å². The summed E-state index contributed by atoms with van der Waals surface area (Å²) in [6.45, 7) is 2.04. The van der Waals surface area contributed by atoms with Gasteiger partial charge in [-0.3, -0.25) is 4.79 Å². The number of pyridine rings is 1. The van der Waals surface area contributed by atoms with Crippen LogP contribution in [0.1, 0.15) is 17.5 Å². The molecule has 2 aromatic carbocycles. The maximum Gasteiger partial charge on any atom is 0.243 e. The minimum Gasteiger partial charge on any atom is -0.497 e. The van der Waals surface area contributed by atoms with Crippen molar-refractivity contribution < 1.29 is 14.3 Å². The maximum atomic E-state index is 12.3. The largest absolute Gasteiger partial charge is 0.497 e. The summed E-state index contributed by atoms with van der Waals surface area (Å²) in [7, 11) is 1.61. The third kappa shape index (κ3) is 5.31. The van der Waals surface area contributed by atoms with E-state index in [9.17, 15) is 4.79 Å². The Balaban J connectivity index is 1.63. The van der Waals surface area contributed by atoms with E-state index < -0.39 is 0 Å². The summed E-state index contributed by atoms with van der Waals surface area (Å²) >= 11 is 0. The Hall–Kier alpha value is -3.34. The fraction of sp³-hybridized carbons (Fsp3) is 0.182. The molecule has 0 atom stereocenters. The molecule has 3 aromatic rings. The molecule has 27 heavy (non-hydrogen) atoms. The Bertz CT molecular complexity index is 907. The molecule has 0 aliphatic rings. The second kappa shape index (κ2) is 8.85. The number of carbonyl (C=O) groups excluding carboxylic acids is 1. The molecule has 1 heterocycles. The van der Waals surface area contributed by atoms with Gasteiger partial charge in [0.05, 0.1) is 7.11 Å². The molecule has 0 unspecified atom stereocenters. The van der Waals surface area contributed by atoms with E-state index in [2.05, 4.69) is 16.4 Å². The van der Waals surface area contributed by atoms with Gasteiger partial charge in [0.2, 0.25) is 11.8 Å². The second-order valence-corrected chi connectivity index (χ2v) is 6.17. The van der Waals surface area contributed by atoms with Crippen LogP contribution < -0.4 is 14.8 Å². The lowest BCUT2D eigenvalue weighted by molar-refractivity contribution is -0.116. The van der Waals surface area contributed by atoms with Gasteiger partial charge in [0, 0.05) is 12.6 Å². The zero-order valence-electron chi connectivity index (χ0n) is 15.4. The van der Waals surface area contributed by atoms with Crippen molar-refractivity contribution in [2.45, 2.75) is 19.8 Å². The maximum absolute atomic E-state index is 12.3. The summed E-state index contributed by atoms with van der Waals surface area (Å²) in [5.74, 6) is 1.63. The molecule has 1 amide bonds. The second-order valence-electron chi connectivity index (χ2n) is 6.17.